The van der Waals surface area contributed by atoms with E-state index in [2.05, 4.69) is 6.58 Å². The second-order valence-electron chi connectivity index (χ2n) is 4.54. The highest BCUT2D eigenvalue weighted by molar-refractivity contribution is 5.95. The Bertz CT molecular complexity index is 477. The Morgan fingerprint density at radius 1 is 1.53 bits per heavy atom. The Morgan fingerprint density at radius 2 is 2.18 bits per heavy atom. The van der Waals surface area contributed by atoms with Gasteiger partial charge >= 0.3 is 0 Å². The number of hydrogen-bond acceptors (Lipinski definition) is 1. The lowest BCUT2D eigenvalue weighted by Crippen LogP contribution is -2.29. The first-order chi connectivity index (χ1) is 8.04. The monoisotopic (exact) mass is 233 g/mol. The molecule has 0 unspecified atom stereocenters. The predicted molar refractivity (Wildman–Crippen MR) is 66.3 cm³/mol. The molecule has 0 radical (unpaired) electrons. The Balaban J connectivity index is 2.36. The molecular formula is C14H16FNO. The number of carbonyl (C=O) groups is 1. The Kier molecular flexibility index (Phi) is 3.01. The van der Waals surface area contributed by atoms with Crippen LogP contribution in [0.4, 0.5) is 4.39 Å². The quantitative estimate of drug-likeness (QED) is 0.786. The van der Waals surface area contributed by atoms with Gasteiger partial charge in [0.2, 0.25) is 0 Å². The summed E-state index contributed by atoms with van der Waals surface area (Å²) in [6, 6.07) is 3.26. The molecule has 17 heavy (non-hydrogen) atoms. The van der Waals surface area contributed by atoms with Crippen LogP contribution in [-0.2, 0) is 0 Å². The highest BCUT2D eigenvalue weighted by atomic mass is 19.1. The maximum Gasteiger partial charge on any atom is 0.256 e. The van der Waals surface area contributed by atoms with Gasteiger partial charge in [-0.1, -0.05) is 12.7 Å². The summed E-state index contributed by atoms with van der Waals surface area (Å²) in [7, 11) is 1.73. The molecule has 0 atom stereocenters. The third kappa shape index (κ3) is 2.23. The van der Waals surface area contributed by atoms with Gasteiger partial charge in [-0.25, -0.2) is 4.39 Å². The number of amides is 1. The van der Waals surface area contributed by atoms with Crippen molar-refractivity contribution in [2.75, 3.05) is 7.05 Å². The second-order valence-corrected chi connectivity index (χ2v) is 4.54. The van der Waals surface area contributed by atoms with E-state index in [1.165, 1.54) is 6.07 Å². The van der Waals surface area contributed by atoms with Gasteiger partial charge in [0.05, 0.1) is 5.56 Å². The summed E-state index contributed by atoms with van der Waals surface area (Å²) in [6.07, 6.45) is 3.68. The van der Waals surface area contributed by atoms with E-state index in [0.717, 1.165) is 24.0 Å². The topological polar surface area (TPSA) is 20.3 Å². The average molecular weight is 233 g/mol. The number of rotatable bonds is 3. The molecule has 0 spiro atoms. The van der Waals surface area contributed by atoms with E-state index in [-0.39, 0.29) is 17.5 Å². The first kappa shape index (κ1) is 11.8. The minimum absolute atomic E-state index is 0.139. The fraction of sp³-hybridized carbons (Fsp3) is 0.357. The maximum atomic E-state index is 13.8. The van der Waals surface area contributed by atoms with Gasteiger partial charge in [-0.05, 0) is 43.0 Å². The summed E-state index contributed by atoms with van der Waals surface area (Å²) in [4.78, 5) is 13.7. The number of hydrogen-bond donors (Lipinski definition) is 0. The van der Waals surface area contributed by atoms with E-state index in [9.17, 15) is 9.18 Å². The van der Waals surface area contributed by atoms with E-state index < -0.39 is 5.82 Å². The molecule has 1 fully saturated rings. The summed E-state index contributed by atoms with van der Waals surface area (Å²) >= 11 is 0. The SMILES string of the molecule is C=Cc1cc(C(=O)N(C)C2CC2)c(F)cc1C. The Morgan fingerprint density at radius 3 is 2.71 bits per heavy atom. The zero-order chi connectivity index (χ0) is 12.6. The second kappa shape index (κ2) is 4.32. The molecule has 1 aromatic carbocycles. The molecule has 1 aliphatic carbocycles. The molecule has 1 saturated carbocycles. The number of carbonyl (C=O) groups excluding carboxylic acids is 1. The van der Waals surface area contributed by atoms with Crippen LogP contribution in [0, 0.1) is 12.7 Å². The van der Waals surface area contributed by atoms with E-state index in [0.29, 0.717) is 0 Å². The summed E-state index contributed by atoms with van der Waals surface area (Å²) in [5.74, 6) is -0.696. The molecule has 2 rings (SSSR count). The van der Waals surface area contributed by atoms with Gasteiger partial charge in [-0.3, -0.25) is 4.79 Å². The molecule has 0 bridgehead atoms. The van der Waals surface area contributed by atoms with E-state index >= 15 is 0 Å². The maximum absolute atomic E-state index is 13.8. The molecule has 0 heterocycles. The third-order valence-electron chi connectivity index (χ3n) is 3.22. The van der Waals surface area contributed by atoms with Crippen LogP contribution >= 0.6 is 0 Å². The average Bonchev–Trinajstić information content (AvgIpc) is 3.11. The molecule has 0 N–H and O–H groups in total. The van der Waals surface area contributed by atoms with Gasteiger partial charge in [0, 0.05) is 13.1 Å². The van der Waals surface area contributed by atoms with Crippen molar-refractivity contribution in [1.82, 2.24) is 4.90 Å². The van der Waals surface area contributed by atoms with Crippen molar-refractivity contribution in [2.24, 2.45) is 0 Å². The van der Waals surface area contributed by atoms with Crippen LogP contribution in [0.25, 0.3) is 6.08 Å². The zero-order valence-electron chi connectivity index (χ0n) is 10.2. The largest absolute Gasteiger partial charge is 0.339 e. The van der Waals surface area contributed by atoms with Crippen molar-refractivity contribution >= 4 is 12.0 Å². The lowest BCUT2D eigenvalue weighted by molar-refractivity contribution is 0.0780. The normalized spacial score (nSPS) is 14.5. The highest BCUT2D eigenvalue weighted by Gasteiger charge is 2.31. The summed E-state index contributed by atoms with van der Waals surface area (Å²) < 4.78 is 13.8. The van der Waals surface area contributed by atoms with E-state index in [4.69, 9.17) is 0 Å². The standard InChI is InChI=1S/C14H16FNO/c1-4-10-8-12(13(15)7-9(10)2)14(17)16(3)11-5-6-11/h4,7-8,11H,1,5-6H2,2-3H3. The number of aryl methyl sites for hydroxylation is 1. The molecule has 3 heteroatoms. The van der Waals surface area contributed by atoms with Crippen LogP contribution in [-0.4, -0.2) is 23.9 Å². The van der Waals surface area contributed by atoms with E-state index in [1.54, 1.807) is 31.0 Å². The van der Waals surface area contributed by atoms with Crippen LogP contribution < -0.4 is 0 Å². The van der Waals surface area contributed by atoms with Gasteiger partial charge in [0.25, 0.3) is 5.91 Å². The van der Waals surface area contributed by atoms with Crippen molar-refractivity contribution in [3.05, 3.63) is 41.2 Å². The lowest BCUT2D eigenvalue weighted by Gasteiger charge is -2.17. The molecule has 1 aliphatic rings. The van der Waals surface area contributed by atoms with Crippen molar-refractivity contribution in [3.8, 4) is 0 Å². The minimum Gasteiger partial charge on any atom is -0.339 e. The zero-order valence-corrected chi connectivity index (χ0v) is 10.2. The Labute approximate surface area is 101 Å². The van der Waals surface area contributed by atoms with Gasteiger partial charge in [-0.15, -0.1) is 0 Å². The summed E-state index contributed by atoms with van der Waals surface area (Å²) in [5, 5.41) is 0. The Hall–Kier alpha value is -1.64. The predicted octanol–water partition coefficient (Wildman–Crippen LogP) is 3.01. The highest BCUT2D eigenvalue weighted by Crippen LogP contribution is 2.27. The van der Waals surface area contributed by atoms with Crippen molar-refractivity contribution in [3.63, 3.8) is 0 Å². The van der Waals surface area contributed by atoms with E-state index in [1.807, 2.05) is 0 Å². The number of benzene rings is 1. The van der Waals surface area contributed by atoms with Crippen LogP contribution in [0.15, 0.2) is 18.7 Å². The third-order valence-corrected chi connectivity index (χ3v) is 3.22. The van der Waals surface area contributed by atoms with Gasteiger partial charge in [-0.2, -0.15) is 0 Å². The molecule has 0 aromatic heterocycles. The van der Waals surface area contributed by atoms with Gasteiger partial charge in [0.1, 0.15) is 5.82 Å². The first-order valence-electron chi connectivity index (χ1n) is 5.74. The molecule has 1 amide bonds. The summed E-state index contributed by atoms with van der Waals surface area (Å²) in [5.41, 5.74) is 1.74. The fourth-order valence-corrected chi connectivity index (χ4v) is 1.89. The smallest absolute Gasteiger partial charge is 0.256 e. The first-order valence-corrected chi connectivity index (χ1v) is 5.74. The van der Waals surface area contributed by atoms with Crippen LogP contribution in [0.3, 0.4) is 0 Å². The van der Waals surface area contributed by atoms with Crippen LogP contribution in [0.5, 0.6) is 0 Å². The number of halogens is 1. The van der Waals surface area contributed by atoms with Gasteiger partial charge in [0.15, 0.2) is 0 Å². The fourth-order valence-electron chi connectivity index (χ4n) is 1.89. The molecular weight excluding hydrogens is 217 g/mol. The van der Waals surface area contributed by atoms with Crippen molar-refractivity contribution < 1.29 is 9.18 Å². The molecule has 0 aliphatic heterocycles. The molecule has 1 aromatic rings. The van der Waals surface area contributed by atoms with Crippen molar-refractivity contribution in [2.45, 2.75) is 25.8 Å². The van der Waals surface area contributed by atoms with Crippen LogP contribution in [0.1, 0.15) is 34.3 Å². The molecule has 0 saturated heterocycles. The van der Waals surface area contributed by atoms with Gasteiger partial charge < -0.3 is 4.90 Å². The molecule has 2 nitrogen and oxygen atoms in total. The summed E-state index contributed by atoms with van der Waals surface area (Å²) in [6.45, 7) is 5.47. The minimum atomic E-state index is -0.453. The number of nitrogens with zero attached hydrogens (tertiary/aromatic N) is 1. The lowest BCUT2D eigenvalue weighted by atomic mass is 10.0. The van der Waals surface area contributed by atoms with Crippen molar-refractivity contribution in [1.29, 1.82) is 0 Å². The van der Waals surface area contributed by atoms with Crippen LogP contribution in [0.2, 0.25) is 0 Å². The molecule has 90 valence electrons.